The fourth-order valence-corrected chi connectivity index (χ4v) is 4.99. The molecule has 0 amide bonds. The van der Waals surface area contributed by atoms with Gasteiger partial charge in [-0.15, -0.1) is 0 Å². The van der Waals surface area contributed by atoms with Gasteiger partial charge >= 0.3 is 6.01 Å². The molecule has 0 spiro atoms. The van der Waals surface area contributed by atoms with Gasteiger partial charge in [-0.25, -0.2) is 19.3 Å². The van der Waals surface area contributed by atoms with Crippen LogP contribution >= 0.6 is 0 Å². The van der Waals surface area contributed by atoms with Crippen molar-refractivity contribution in [3.05, 3.63) is 96.7 Å². The first-order valence-electron chi connectivity index (χ1n) is 12.1. The highest BCUT2D eigenvalue weighted by Crippen LogP contribution is 2.44. The van der Waals surface area contributed by atoms with Gasteiger partial charge in [0, 0.05) is 24.2 Å². The molecule has 0 atom stereocenters. The van der Waals surface area contributed by atoms with Crippen LogP contribution in [0.5, 0.6) is 11.8 Å². The zero-order valence-corrected chi connectivity index (χ0v) is 19.6. The maximum absolute atomic E-state index is 13.8. The number of aromatic nitrogens is 6. The largest absolute Gasteiger partial charge is 0.424 e. The van der Waals surface area contributed by atoms with Crippen LogP contribution in [0.1, 0.15) is 43.8 Å². The van der Waals surface area contributed by atoms with Crippen molar-refractivity contribution in [2.75, 3.05) is 0 Å². The molecular weight excluding hydrogens is 455 g/mol. The topological polar surface area (TPSA) is 92.4 Å². The van der Waals surface area contributed by atoms with Crippen molar-refractivity contribution in [1.29, 1.82) is 0 Å². The predicted molar refractivity (Wildman–Crippen MR) is 134 cm³/mol. The number of para-hydroxylation sites is 1. The lowest BCUT2D eigenvalue weighted by molar-refractivity contribution is 0.319. The van der Waals surface area contributed by atoms with Gasteiger partial charge in [-0.2, -0.15) is 4.98 Å². The number of imidazole rings is 2. The molecule has 5 aromatic rings. The molecule has 0 unspecified atom stereocenters. The molecule has 2 N–H and O–H groups in total. The van der Waals surface area contributed by atoms with Gasteiger partial charge in [0.15, 0.2) is 0 Å². The van der Waals surface area contributed by atoms with Gasteiger partial charge in [0.2, 0.25) is 0 Å². The average molecular weight is 481 g/mol. The van der Waals surface area contributed by atoms with Crippen LogP contribution < -0.4 is 4.74 Å². The maximum Gasteiger partial charge on any atom is 0.322 e. The van der Waals surface area contributed by atoms with Gasteiger partial charge in [-0.1, -0.05) is 37.5 Å². The second-order valence-electron chi connectivity index (χ2n) is 9.04. The Morgan fingerprint density at radius 1 is 0.806 bits per heavy atom. The van der Waals surface area contributed by atoms with Crippen LogP contribution in [0.15, 0.2) is 79.3 Å². The van der Waals surface area contributed by atoms with Crippen molar-refractivity contribution >= 4 is 0 Å². The molecule has 1 aliphatic carbocycles. The summed E-state index contributed by atoms with van der Waals surface area (Å²) in [5.74, 6) is 2.09. The summed E-state index contributed by atoms with van der Waals surface area (Å²) in [6.45, 7) is 0. The van der Waals surface area contributed by atoms with Crippen LogP contribution in [0, 0.1) is 5.82 Å². The van der Waals surface area contributed by atoms with E-state index in [4.69, 9.17) is 9.72 Å². The average Bonchev–Trinajstić information content (AvgIpc) is 3.62. The summed E-state index contributed by atoms with van der Waals surface area (Å²) in [7, 11) is 0. The summed E-state index contributed by atoms with van der Waals surface area (Å²) in [5.41, 5.74) is 2.51. The van der Waals surface area contributed by atoms with Gasteiger partial charge in [0.1, 0.15) is 23.2 Å². The molecule has 6 rings (SSSR count). The Kier molecular flexibility index (Phi) is 5.77. The Balaban J connectivity index is 1.48. The van der Waals surface area contributed by atoms with E-state index >= 15 is 0 Å². The first-order valence-corrected chi connectivity index (χ1v) is 12.1. The first-order chi connectivity index (χ1) is 17.7. The molecule has 8 heteroatoms. The van der Waals surface area contributed by atoms with Crippen LogP contribution in [-0.4, -0.2) is 29.9 Å². The van der Waals surface area contributed by atoms with Crippen LogP contribution in [0.2, 0.25) is 0 Å². The van der Waals surface area contributed by atoms with Crippen molar-refractivity contribution in [3.8, 4) is 34.4 Å². The number of nitrogens with one attached hydrogen (secondary N) is 2. The zero-order chi connectivity index (χ0) is 24.4. The normalized spacial score (nSPS) is 15.0. The van der Waals surface area contributed by atoms with Gasteiger partial charge in [0.25, 0.3) is 0 Å². The number of hydrogen-bond acceptors (Lipinski definition) is 5. The van der Waals surface area contributed by atoms with Crippen molar-refractivity contribution in [1.82, 2.24) is 29.9 Å². The Morgan fingerprint density at radius 2 is 1.61 bits per heavy atom. The molecule has 180 valence electrons. The van der Waals surface area contributed by atoms with Crippen LogP contribution in [-0.2, 0) is 5.41 Å². The van der Waals surface area contributed by atoms with E-state index in [-0.39, 0.29) is 17.2 Å². The van der Waals surface area contributed by atoms with E-state index in [0.29, 0.717) is 17.1 Å². The maximum atomic E-state index is 13.8. The number of nitrogens with zero attached hydrogens (tertiary/aromatic N) is 4. The van der Waals surface area contributed by atoms with E-state index in [0.717, 1.165) is 48.6 Å². The number of rotatable bonds is 6. The highest BCUT2D eigenvalue weighted by molar-refractivity contribution is 5.77. The summed E-state index contributed by atoms with van der Waals surface area (Å²) in [6.07, 6.45) is 10.5. The van der Waals surface area contributed by atoms with Crippen molar-refractivity contribution in [3.63, 3.8) is 0 Å². The van der Waals surface area contributed by atoms with E-state index in [1.165, 1.54) is 18.6 Å². The van der Waals surface area contributed by atoms with E-state index < -0.39 is 0 Å². The minimum absolute atomic E-state index is 0.235. The molecule has 1 saturated carbocycles. The second-order valence-corrected chi connectivity index (χ2v) is 9.04. The minimum atomic E-state index is -0.356. The Hall–Kier alpha value is -4.33. The van der Waals surface area contributed by atoms with Crippen molar-refractivity contribution < 1.29 is 9.13 Å². The van der Waals surface area contributed by atoms with E-state index in [9.17, 15) is 4.39 Å². The molecule has 1 aliphatic rings. The lowest BCUT2D eigenvalue weighted by Gasteiger charge is -2.33. The second kappa shape index (κ2) is 9.37. The molecule has 2 aromatic carbocycles. The number of benzene rings is 2. The summed E-state index contributed by atoms with van der Waals surface area (Å²) in [5, 5.41) is 0. The van der Waals surface area contributed by atoms with Crippen LogP contribution in [0.25, 0.3) is 22.6 Å². The lowest BCUT2D eigenvalue weighted by Crippen LogP contribution is -2.33. The first kappa shape index (κ1) is 22.2. The predicted octanol–water partition coefficient (Wildman–Crippen LogP) is 6.44. The lowest BCUT2D eigenvalue weighted by atomic mass is 9.72. The molecular formula is C28H25FN6O. The third-order valence-electron chi connectivity index (χ3n) is 6.78. The standard InChI is InChI=1S/C28H25FN6O/c29-20-11-9-19(10-12-20)23-24(22-13-16-32-27(33-22)36-21-7-3-1-4-8-21)35-26(34-23)28(14-5-2-6-15-28)25-30-17-18-31-25/h1,3-4,7-13,16-18H,2,5-6,14-15H2,(H,30,31)(H,34,35). The molecule has 0 aliphatic heterocycles. The molecule has 0 saturated heterocycles. The minimum Gasteiger partial charge on any atom is -0.424 e. The van der Waals surface area contributed by atoms with E-state index in [1.54, 1.807) is 24.5 Å². The molecule has 3 heterocycles. The van der Waals surface area contributed by atoms with Gasteiger partial charge in [-0.3, -0.25) is 0 Å². The Morgan fingerprint density at radius 3 is 2.36 bits per heavy atom. The third kappa shape index (κ3) is 4.15. The van der Waals surface area contributed by atoms with E-state index in [2.05, 4.69) is 24.9 Å². The Bertz CT molecular complexity index is 1440. The molecule has 36 heavy (non-hydrogen) atoms. The number of aromatic amines is 2. The number of H-pyrrole nitrogens is 2. The van der Waals surface area contributed by atoms with Gasteiger partial charge in [-0.05, 0) is 55.3 Å². The summed E-state index contributed by atoms with van der Waals surface area (Å²) >= 11 is 0. The summed E-state index contributed by atoms with van der Waals surface area (Å²) < 4.78 is 19.6. The molecule has 1 fully saturated rings. The summed E-state index contributed by atoms with van der Waals surface area (Å²) in [4.78, 5) is 25.6. The SMILES string of the molecule is Fc1ccc(-c2nc(C3(c4ncc[nH]4)CCCCC3)[nH]c2-c2ccnc(Oc3ccccc3)n2)cc1. The third-order valence-corrected chi connectivity index (χ3v) is 6.78. The van der Waals surface area contributed by atoms with E-state index in [1.807, 2.05) is 42.6 Å². The number of ether oxygens (including phenoxy) is 1. The van der Waals surface area contributed by atoms with Gasteiger partial charge < -0.3 is 14.7 Å². The monoisotopic (exact) mass is 480 g/mol. The van der Waals surface area contributed by atoms with Crippen molar-refractivity contribution in [2.24, 2.45) is 0 Å². The number of hydrogen-bond donors (Lipinski definition) is 2. The Labute approximate surface area is 207 Å². The zero-order valence-electron chi connectivity index (χ0n) is 19.6. The number of halogens is 1. The van der Waals surface area contributed by atoms with Crippen LogP contribution in [0.3, 0.4) is 0 Å². The molecule has 0 bridgehead atoms. The molecule has 0 radical (unpaired) electrons. The summed E-state index contributed by atoms with van der Waals surface area (Å²) in [6, 6.07) is 17.8. The fraction of sp³-hybridized carbons (Fsp3) is 0.214. The van der Waals surface area contributed by atoms with Gasteiger partial charge in [0.05, 0.1) is 22.5 Å². The molecule has 3 aromatic heterocycles. The fourth-order valence-electron chi connectivity index (χ4n) is 4.99. The highest BCUT2D eigenvalue weighted by atomic mass is 19.1. The quantitative estimate of drug-likeness (QED) is 0.292. The smallest absolute Gasteiger partial charge is 0.322 e. The molecule has 7 nitrogen and oxygen atoms in total. The van der Waals surface area contributed by atoms with Crippen molar-refractivity contribution in [2.45, 2.75) is 37.5 Å². The highest BCUT2D eigenvalue weighted by Gasteiger charge is 2.41. The van der Waals surface area contributed by atoms with Crippen LogP contribution in [0.4, 0.5) is 4.39 Å².